The Labute approximate surface area is 178 Å². The molecule has 2 aromatic heterocycles. The van der Waals surface area contributed by atoms with Gasteiger partial charge in [-0.05, 0) is 44.0 Å². The Morgan fingerprint density at radius 1 is 1.20 bits per heavy atom. The number of fused-ring (bicyclic) bond motifs is 1. The van der Waals surface area contributed by atoms with Gasteiger partial charge in [-0.15, -0.1) is 5.10 Å². The van der Waals surface area contributed by atoms with Crippen LogP contribution in [0, 0.1) is 13.8 Å². The molecule has 3 heterocycles. The third kappa shape index (κ3) is 3.89. The maximum absolute atomic E-state index is 12.9. The first kappa shape index (κ1) is 20.3. The van der Waals surface area contributed by atoms with Gasteiger partial charge in [-0.3, -0.25) is 9.36 Å². The van der Waals surface area contributed by atoms with Gasteiger partial charge >= 0.3 is 5.69 Å². The lowest BCUT2D eigenvalue weighted by Crippen LogP contribution is -2.17. The molecule has 0 bridgehead atoms. The highest BCUT2D eigenvalue weighted by Gasteiger charge is 2.19. The summed E-state index contributed by atoms with van der Waals surface area (Å²) in [6.45, 7) is 7.42. The number of ketones is 1. The van der Waals surface area contributed by atoms with Gasteiger partial charge in [0.1, 0.15) is 0 Å². The Morgan fingerprint density at radius 2 is 2.00 bits per heavy atom. The van der Waals surface area contributed by atoms with E-state index < -0.39 is 0 Å². The number of carbonyl (C=O) groups excluding carboxylic acids is 1. The summed E-state index contributed by atoms with van der Waals surface area (Å²) in [6.07, 6.45) is 0.821. The lowest BCUT2D eigenvalue weighted by atomic mass is 10.1. The molecule has 4 rings (SSSR count). The normalized spacial score (nSPS) is 12.5. The first-order valence-electron chi connectivity index (χ1n) is 9.84. The van der Waals surface area contributed by atoms with Crippen LogP contribution in [0.15, 0.2) is 34.2 Å². The second-order valence-corrected chi connectivity index (χ2v) is 8.18. The minimum Gasteiger partial charge on any atom is -0.454 e. The molecule has 1 aliphatic rings. The lowest BCUT2D eigenvalue weighted by Gasteiger charge is -2.11. The van der Waals surface area contributed by atoms with Crippen molar-refractivity contribution in [3.63, 3.8) is 0 Å². The maximum atomic E-state index is 12.9. The number of nitrogens with zero attached hydrogens (tertiary/aromatic N) is 3. The van der Waals surface area contributed by atoms with Crippen LogP contribution in [0.4, 0.5) is 0 Å². The van der Waals surface area contributed by atoms with E-state index in [0.29, 0.717) is 23.8 Å². The number of nitrogens with one attached hydrogen (secondary N) is 1. The predicted molar refractivity (Wildman–Crippen MR) is 114 cm³/mol. The largest absolute Gasteiger partial charge is 0.454 e. The third-order valence-electron chi connectivity index (χ3n) is 5.15. The van der Waals surface area contributed by atoms with E-state index in [1.165, 1.54) is 11.8 Å². The van der Waals surface area contributed by atoms with Crippen molar-refractivity contribution in [2.75, 3.05) is 12.5 Å². The molecule has 0 saturated heterocycles. The number of ether oxygens (including phenoxy) is 2. The van der Waals surface area contributed by atoms with Crippen molar-refractivity contribution in [1.82, 2.24) is 19.3 Å². The van der Waals surface area contributed by atoms with Gasteiger partial charge in [0.2, 0.25) is 6.79 Å². The van der Waals surface area contributed by atoms with Crippen molar-refractivity contribution in [2.24, 2.45) is 0 Å². The van der Waals surface area contributed by atoms with Crippen LogP contribution in [-0.2, 0) is 13.1 Å². The molecule has 1 aliphatic heterocycles. The summed E-state index contributed by atoms with van der Waals surface area (Å²) in [7, 11) is 0. The second kappa shape index (κ2) is 8.43. The van der Waals surface area contributed by atoms with Crippen LogP contribution in [0.3, 0.4) is 0 Å². The Bertz CT molecular complexity index is 1140. The molecule has 158 valence electrons. The van der Waals surface area contributed by atoms with Crippen molar-refractivity contribution < 1.29 is 14.3 Å². The molecular weight excluding hydrogens is 404 g/mol. The fraction of sp³-hybridized carbons (Fsp3) is 0.381. The number of rotatable bonds is 8. The molecule has 30 heavy (non-hydrogen) atoms. The first-order chi connectivity index (χ1) is 14.5. The standard InChI is InChI=1S/C21H24N4O4S/c1-4-7-24-20(27)22-23-21(24)30-11-17(26)16-8-13(2)25(14(16)3)10-15-5-6-18-19(9-15)29-12-28-18/h5-6,8-9H,4,7,10-12H2,1-3H3,(H,22,27). The lowest BCUT2D eigenvalue weighted by molar-refractivity contribution is 0.102. The first-order valence-corrected chi connectivity index (χ1v) is 10.8. The van der Waals surface area contributed by atoms with Gasteiger partial charge in [-0.25, -0.2) is 9.89 Å². The van der Waals surface area contributed by atoms with E-state index in [-0.39, 0.29) is 24.0 Å². The number of aromatic amines is 1. The molecule has 0 aliphatic carbocycles. The van der Waals surface area contributed by atoms with E-state index >= 15 is 0 Å². The van der Waals surface area contributed by atoms with Gasteiger partial charge in [-0.2, -0.15) is 0 Å². The molecule has 3 aromatic rings. The molecule has 0 radical (unpaired) electrons. The molecule has 0 amide bonds. The summed E-state index contributed by atoms with van der Waals surface area (Å²) in [4.78, 5) is 24.7. The van der Waals surface area contributed by atoms with Gasteiger partial charge < -0.3 is 14.0 Å². The number of thioether (sulfide) groups is 1. The third-order valence-corrected chi connectivity index (χ3v) is 6.13. The van der Waals surface area contributed by atoms with Crippen molar-refractivity contribution in [2.45, 2.75) is 45.4 Å². The van der Waals surface area contributed by atoms with E-state index in [9.17, 15) is 9.59 Å². The fourth-order valence-corrected chi connectivity index (χ4v) is 4.45. The topological polar surface area (TPSA) is 91.1 Å². The number of Topliss-reactive ketones (excluding diaryl/α,β-unsaturated/α-hetero) is 1. The monoisotopic (exact) mass is 428 g/mol. The smallest absolute Gasteiger partial charge is 0.343 e. The Hall–Kier alpha value is -2.94. The summed E-state index contributed by atoms with van der Waals surface area (Å²) in [6, 6.07) is 7.82. The average Bonchev–Trinajstić information content (AvgIpc) is 3.41. The summed E-state index contributed by atoms with van der Waals surface area (Å²) in [5.41, 5.74) is 3.47. The van der Waals surface area contributed by atoms with E-state index in [1.807, 2.05) is 45.0 Å². The highest BCUT2D eigenvalue weighted by atomic mass is 32.2. The summed E-state index contributed by atoms with van der Waals surface area (Å²) < 4.78 is 14.5. The van der Waals surface area contributed by atoms with Crippen LogP contribution in [0.2, 0.25) is 0 Å². The van der Waals surface area contributed by atoms with Crippen LogP contribution in [-0.4, -0.2) is 37.7 Å². The van der Waals surface area contributed by atoms with Gasteiger partial charge in [0.05, 0.1) is 5.75 Å². The minimum atomic E-state index is -0.242. The zero-order valence-corrected chi connectivity index (χ0v) is 18.0. The van der Waals surface area contributed by atoms with Crippen molar-refractivity contribution in [1.29, 1.82) is 0 Å². The van der Waals surface area contributed by atoms with Crippen molar-refractivity contribution in [3.8, 4) is 11.5 Å². The second-order valence-electron chi connectivity index (χ2n) is 7.23. The molecule has 0 spiro atoms. The summed E-state index contributed by atoms with van der Waals surface area (Å²) >= 11 is 1.28. The number of hydrogen-bond donors (Lipinski definition) is 1. The quantitative estimate of drug-likeness (QED) is 0.438. The van der Waals surface area contributed by atoms with Gasteiger partial charge in [-0.1, -0.05) is 24.8 Å². The summed E-state index contributed by atoms with van der Waals surface area (Å²) in [5.74, 6) is 1.75. The van der Waals surface area contributed by atoms with Gasteiger partial charge in [0, 0.05) is 30.0 Å². The Morgan fingerprint density at radius 3 is 2.80 bits per heavy atom. The molecule has 0 atom stereocenters. The number of aromatic nitrogens is 4. The van der Waals surface area contributed by atoms with Crippen molar-refractivity contribution in [3.05, 3.63) is 57.3 Å². The zero-order valence-electron chi connectivity index (χ0n) is 17.2. The van der Waals surface area contributed by atoms with Gasteiger partial charge in [0.25, 0.3) is 0 Å². The van der Waals surface area contributed by atoms with Crippen LogP contribution in [0.1, 0.15) is 40.7 Å². The number of hydrogen-bond acceptors (Lipinski definition) is 6. The molecule has 1 N–H and O–H groups in total. The van der Waals surface area contributed by atoms with Gasteiger partial charge in [0.15, 0.2) is 22.4 Å². The van der Waals surface area contributed by atoms with Crippen LogP contribution in [0.25, 0.3) is 0 Å². The number of aryl methyl sites for hydroxylation is 1. The number of H-pyrrole nitrogens is 1. The van der Waals surface area contributed by atoms with Crippen LogP contribution < -0.4 is 15.2 Å². The molecule has 9 heteroatoms. The minimum absolute atomic E-state index is 0.0172. The Balaban J connectivity index is 1.49. The maximum Gasteiger partial charge on any atom is 0.343 e. The zero-order chi connectivity index (χ0) is 21.3. The van der Waals surface area contributed by atoms with E-state index in [0.717, 1.165) is 34.9 Å². The highest BCUT2D eigenvalue weighted by molar-refractivity contribution is 7.99. The molecule has 8 nitrogen and oxygen atoms in total. The number of carbonyl (C=O) groups is 1. The highest BCUT2D eigenvalue weighted by Crippen LogP contribution is 2.33. The van der Waals surface area contributed by atoms with E-state index in [4.69, 9.17) is 9.47 Å². The molecular formula is C21H24N4O4S. The van der Waals surface area contributed by atoms with Crippen LogP contribution >= 0.6 is 11.8 Å². The van der Waals surface area contributed by atoms with Crippen LogP contribution in [0.5, 0.6) is 11.5 Å². The van der Waals surface area contributed by atoms with Crippen molar-refractivity contribution >= 4 is 17.5 Å². The summed E-state index contributed by atoms with van der Waals surface area (Å²) in [5, 5.41) is 7.04. The van der Waals surface area contributed by atoms with E-state index in [2.05, 4.69) is 14.8 Å². The fourth-order valence-electron chi connectivity index (χ4n) is 3.59. The predicted octanol–water partition coefficient (Wildman–Crippen LogP) is 3.15. The average molecular weight is 429 g/mol. The molecule has 1 aromatic carbocycles. The molecule has 0 fully saturated rings. The molecule has 0 saturated carbocycles. The Kier molecular flexibility index (Phi) is 5.72. The molecule has 0 unspecified atom stereocenters. The van der Waals surface area contributed by atoms with E-state index in [1.54, 1.807) is 4.57 Å². The number of benzene rings is 1. The SMILES string of the molecule is CCCn1c(SCC(=O)c2cc(C)n(Cc3ccc4c(c3)OCO4)c2C)n[nH]c1=O.